The highest BCUT2D eigenvalue weighted by Crippen LogP contribution is 2.13. The van der Waals surface area contributed by atoms with Gasteiger partial charge in [-0.05, 0) is 17.2 Å². The lowest BCUT2D eigenvalue weighted by Gasteiger charge is -2.07. The van der Waals surface area contributed by atoms with Crippen molar-refractivity contribution in [1.29, 1.82) is 0 Å². The molecule has 0 saturated carbocycles. The van der Waals surface area contributed by atoms with E-state index >= 15 is 0 Å². The molecule has 2 rings (SSSR count). The molecule has 1 heterocycles. The molecule has 0 saturated heterocycles. The van der Waals surface area contributed by atoms with Crippen LogP contribution in [0.5, 0.6) is 5.75 Å². The van der Waals surface area contributed by atoms with Gasteiger partial charge in [0.1, 0.15) is 5.75 Å². The number of hydrogen-bond donors (Lipinski definition) is 3. The van der Waals surface area contributed by atoms with E-state index in [0.29, 0.717) is 6.54 Å². The topological polar surface area (TPSA) is 82.5 Å². The number of pyridine rings is 1. The molecule has 5 heteroatoms. The number of aromatic nitrogens is 1. The van der Waals surface area contributed by atoms with Gasteiger partial charge in [0, 0.05) is 12.7 Å². The number of aliphatic hydroxyl groups is 1. The van der Waals surface area contributed by atoms with Gasteiger partial charge in [0.2, 0.25) is 0 Å². The minimum atomic E-state index is -0.366. The van der Waals surface area contributed by atoms with E-state index in [-0.39, 0.29) is 23.8 Å². The number of carbonyl (C=O) groups is 1. The molecule has 0 aliphatic heterocycles. The van der Waals surface area contributed by atoms with Gasteiger partial charge in [0.15, 0.2) is 0 Å². The van der Waals surface area contributed by atoms with Crippen molar-refractivity contribution in [2.75, 3.05) is 0 Å². The van der Waals surface area contributed by atoms with Crippen LogP contribution in [-0.2, 0) is 13.2 Å². The Morgan fingerprint density at radius 1 is 1.26 bits per heavy atom. The van der Waals surface area contributed by atoms with Crippen LogP contribution in [0.15, 0.2) is 42.7 Å². The van der Waals surface area contributed by atoms with Crippen LogP contribution in [0.4, 0.5) is 0 Å². The number of nitrogens with zero attached hydrogens (tertiary/aromatic N) is 1. The van der Waals surface area contributed by atoms with Gasteiger partial charge in [-0.2, -0.15) is 0 Å². The largest absolute Gasteiger partial charge is 0.505 e. The number of amides is 1. The van der Waals surface area contributed by atoms with E-state index in [9.17, 15) is 9.90 Å². The molecule has 2 aromatic rings. The van der Waals surface area contributed by atoms with E-state index in [2.05, 4.69) is 10.3 Å². The van der Waals surface area contributed by atoms with Crippen LogP contribution in [0.25, 0.3) is 0 Å². The van der Waals surface area contributed by atoms with Crippen LogP contribution in [0.2, 0.25) is 0 Å². The number of rotatable bonds is 4. The van der Waals surface area contributed by atoms with Gasteiger partial charge in [-0.15, -0.1) is 0 Å². The molecule has 0 aliphatic carbocycles. The molecule has 3 N–H and O–H groups in total. The third-order valence-corrected chi connectivity index (χ3v) is 2.67. The van der Waals surface area contributed by atoms with Crippen LogP contribution in [-0.4, -0.2) is 21.1 Å². The highest BCUT2D eigenvalue weighted by molar-refractivity contribution is 5.96. The lowest BCUT2D eigenvalue weighted by atomic mass is 10.1. The molecule has 0 bridgehead atoms. The quantitative estimate of drug-likeness (QED) is 0.769. The molecule has 0 radical (unpaired) electrons. The van der Waals surface area contributed by atoms with Gasteiger partial charge in [-0.1, -0.05) is 24.3 Å². The molecule has 0 atom stereocenters. The summed E-state index contributed by atoms with van der Waals surface area (Å²) in [5, 5.41) is 21.2. The fourth-order valence-electron chi connectivity index (χ4n) is 1.69. The first kappa shape index (κ1) is 13.0. The second-order valence-corrected chi connectivity index (χ2v) is 4.05. The number of aromatic hydroxyl groups is 1. The molecule has 0 unspecified atom stereocenters. The zero-order chi connectivity index (χ0) is 13.7. The zero-order valence-corrected chi connectivity index (χ0v) is 10.2. The Morgan fingerprint density at radius 2 is 2.05 bits per heavy atom. The third kappa shape index (κ3) is 3.29. The maximum Gasteiger partial charge on any atom is 0.255 e. The average Bonchev–Trinajstić information content (AvgIpc) is 2.45. The summed E-state index contributed by atoms with van der Waals surface area (Å²) < 4.78 is 0. The third-order valence-electron chi connectivity index (χ3n) is 2.67. The molecular formula is C14H14N2O3. The van der Waals surface area contributed by atoms with Crippen LogP contribution in [0.3, 0.4) is 0 Å². The van der Waals surface area contributed by atoms with E-state index in [4.69, 9.17) is 5.11 Å². The molecular weight excluding hydrogens is 244 g/mol. The normalized spacial score (nSPS) is 10.2. The average molecular weight is 258 g/mol. The van der Waals surface area contributed by atoms with Gasteiger partial charge < -0.3 is 15.5 Å². The summed E-state index contributed by atoms with van der Waals surface area (Å²) in [6.45, 7) is 0.293. The van der Waals surface area contributed by atoms with Gasteiger partial charge >= 0.3 is 0 Å². The predicted molar refractivity (Wildman–Crippen MR) is 69.4 cm³/mol. The summed E-state index contributed by atoms with van der Waals surface area (Å²) in [5.74, 6) is -0.515. The van der Waals surface area contributed by atoms with Crippen molar-refractivity contribution in [2.24, 2.45) is 0 Å². The minimum Gasteiger partial charge on any atom is -0.505 e. The molecule has 1 aromatic heterocycles. The number of nitrogens with one attached hydrogen (secondary N) is 1. The van der Waals surface area contributed by atoms with Gasteiger partial charge in [-0.3, -0.25) is 9.78 Å². The van der Waals surface area contributed by atoms with Crippen molar-refractivity contribution in [2.45, 2.75) is 13.2 Å². The lowest BCUT2D eigenvalue weighted by Crippen LogP contribution is -2.22. The number of benzene rings is 1. The van der Waals surface area contributed by atoms with Crippen LogP contribution in [0, 0.1) is 0 Å². The summed E-state index contributed by atoms with van der Waals surface area (Å²) in [6, 6.07) is 8.74. The number of carbonyl (C=O) groups excluding carboxylic acids is 1. The van der Waals surface area contributed by atoms with E-state index in [1.165, 1.54) is 18.5 Å². The maximum atomic E-state index is 11.8. The summed E-state index contributed by atoms with van der Waals surface area (Å²) in [5.41, 5.74) is 1.86. The molecule has 0 spiro atoms. The van der Waals surface area contributed by atoms with Gasteiger partial charge in [0.25, 0.3) is 5.91 Å². The Bertz CT molecular complexity index is 584. The molecule has 1 aromatic carbocycles. The fraction of sp³-hybridized carbons (Fsp3) is 0.143. The predicted octanol–water partition coefficient (Wildman–Crippen LogP) is 1.21. The van der Waals surface area contributed by atoms with Gasteiger partial charge in [-0.25, -0.2) is 0 Å². The van der Waals surface area contributed by atoms with Crippen molar-refractivity contribution in [3.8, 4) is 5.75 Å². The molecule has 19 heavy (non-hydrogen) atoms. The summed E-state index contributed by atoms with van der Waals surface area (Å²) in [7, 11) is 0. The first-order chi connectivity index (χ1) is 9.20. The summed E-state index contributed by atoms with van der Waals surface area (Å²) >= 11 is 0. The molecule has 98 valence electrons. The van der Waals surface area contributed by atoms with Crippen molar-refractivity contribution in [3.05, 3.63) is 59.4 Å². The first-order valence-electron chi connectivity index (χ1n) is 5.80. The van der Waals surface area contributed by atoms with Crippen LogP contribution in [0.1, 0.15) is 21.5 Å². The van der Waals surface area contributed by atoms with Crippen molar-refractivity contribution in [1.82, 2.24) is 10.3 Å². The maximum absolute atomic E-state index is 11.8. The molecule has 0 aliphatic rings. The van der Waals surface area contributed by atoms with E-state index in [1.54, 1.807) is 6.07 Å². The Hall–Kier alpha value is -2.40. The minimum absolute atomic E-state index is 0.0348. The molecule has 5 nitrogen and oxygen atoms in total. The Morgan fingerprint density at radius 3 is 2.79 bits per heavy atom. The monoisotopic (exact) mass is 258 g/mol. The SMILES string of the molecule is O=C(NCc1cccc(CO)c1)c1ccncc1O. The van der Waals surface area contributed by atoms with Crippen molar-refractivity contribution < 1.29 is 15.0 Å². The Labute approximate surface area is 110 Å². The van der Waals surface area contributed by atoms with Crippen molar-refractivity contribution in [3.63, 3.8) is 0 Å². The smallest absolute Gasteiger partial charge is 0.255 e. The standard InChI is InChI=1S/C14H14N2O3/c17-9-11-3-1-2-10(6-11)7-16-14(19)12-4-5-15-8-13(12)18/h1-6,8,17-18H,7,9H2,(H,16,19). The molecule has 0 fully saturated rings. The van der Waals surface area contributed by atoms with E-state index in [0.717, 1.165) is 11.1 Å². The summed E-state index contributed by atoms with van der Waals surface area (Å²) in [6.07, 6.45) is 2.67. The van der Waals surface area contributed by atoms with Crippen molar-refractivity contribution >= 4 is 5.91 Å². The van der Waals surface area contributed by atoms with E-state index in [1.807, 2.05) is 18.2 Å². The van der Waals surface area contributed by atoms with Gasteiger partial charge in [0.05, 0.1) is 18.4 Å². The Kier molecular flexibility index (Phi) is 4.10. The first-order valence-corrected chi connectivity index (χ1v) is 5.80. The Balaban J connectivity index is 2.02. The second-order valence-electron chi connectivity index (χ2n) is 4.05. The number of hydrogen-bond acceptors (Lipinski definition) is 4. The highest BCUT2D eigenvalue weighted by atomic mass is 16.3. The summed E-state index contributed by atoms with van der Waals surface area (Å²) in [4.78, 5) is 15.6. The second kappa shape index (κ2) is 5.97. The molecule has 1 amide bonds. The number of aliphatic hydroxyl groups excluding tert-OH is 1. The zero-order valence-electron chi connectivity index (χ0n) is 10.2. The highest BCUT2D eigenvalue weighted by Gasteiger charge is 2.10. The van der Waals surface area contributed by atoms with Crippen LogP contribution < -0.4 is 5.32 Å². The lowest BCUT2D eigenvalue weighted by molar-refractivity contribution is 0.0948. The van der Waals surface area contributed by atoms with E-state index < -0.39 is 0 Å². The fourth-order valence-corrected chi connectivity index (χ4v) is 1.69. The van der Waals surface area contributed by atoms with Crippen LogP contribution >= 0.6 is 0 Å².